The fourth-order valence-electron chi connectivity index (χ4n) is 2.45. The van der Waals surface area contributed by atoms with Crippen molar-refractivity contribution in [2.45, 2.75) is 6.54 Å². The number of halogens is 2. The number of pyridine rings is 1. The third kappa shape index (κ3) is 3.86. The Morgan fingerprint density at radius 1 is 1.21 bits per heavy atom. The van der Waals surface area contributed by atoms with E-state index in [-0.39, 0.29) is 12.1 Å². The number of hydrogen-bond donors (Lipinski definition) is 1. The number of nitrogens with zero attached hydrogens (tertiary/aromatic N) is 2. The van der Waals surface area contributed by atoms with Crippen molar-refractivity contribution in [2.75, 3.05) is 31.2 Å². The summed E-state index contributed by atoms with van der Waals surface area (Å²) in [4.78, 5) is 18.5. The van der Waals surface area contributed by atoms with Crippen LogP contribution < -0.4 is 10.2 Å². The molecule has 1 N–H and O–H groups in total. The van der Waals surface area contributed by atoms with E-state index in [0.29, 0.717) is 19.3 Å². The molecule has 1 saturated heterocycles. The number of hydrogen-bond acceptors (Lipinski definition) is 4. The van der Waals surface area contributed by atoms with Gasteiger partial charge in [-0.1, -0.05) is 6.07 Å². The molecule has 0 unspecified atom stereocenters. The van der Waals surface area contributed by atoms with Crippen LogP contribution in [0.5, 0.6) is 0 Å². The first kappa shape index (κ1) is 16.3. The van der Waals surface area contributed by atoms with Gasteiger partial charge in [0.05, 0.1) is 18.8 Å². The number of morpholine rings is 1. The number of anilines is 1. The van der Waals surface area contributed by atoms with E-state index in [9.17, 15) is 13.6 Å². The van der Waals surface area contributed by atoms with E-state index in [1.165, 1.54) is 0 Å². The van der Waals surface area contributed by atoms with E-state index in [1.54, 1.807) is 6.20 Å². The SMILES string of the molecule is O=C(NCc1ccc(N2CCOCC2)nc1)c1ccc(F)cc1F. The molecule has 2 heterocycles. The van der Waals surface area contributed by atoms with Crippen LogP contribution in [0.25, 0.3) is 0 Å². The zero-order valence-electron chi connectivity index (χ0n) is 13.0. The highest BCUT2D eigenvalue weighted by Gasteiger charge is 2.14. The minimum atomic E-state index is -0.881. The Morgan fingerprint density at radius 2 is 2.00 bits per heavy atom. The smallest absolute Gasteiger partial charge is 0.254 e. The molecule has 0 spiro atoms. The number of carbonyl (C=O) groups excluding carboxylic acids is 1. The van der Waals surface area contributed by atoms with E-state index in [0.717, 1.165) is 36.6 Å². The normalized spacial score (nSPS) is 14.5. The van der Waals surface area contributed by atoms with Gasteiger partial charge in [0.2, 0.25) is 0 Å². The number of carbonyl (C=O) groups is 1. The Balaban J connectivity index is 1.59. The lowest BCUT2D eigenvalue weighted by atomic mass is 10.2. The van der Waals surface area contributed by atoms with Crippen molar-refractivity contribution in [3.63, 3.8) is 0 Å². The van der Waals surface area contributed by atoms with Gasteiger partial charge in [-0.2, -0.15) is 0 Å². The second kappa shape index (κ2) is 7.35. The lowest BCUT2D eigenvalue weighted by Crippen LogP contribution is -2.36. The van der Waals surface area contributed by atoms with Crippen LogP contribution in [0.1, 0.15) is 15.9 Å². The number of benzene rings is 1. The Hall–Kier alpha value is -2.54. The van der Waals surface area contributed by atoms with E-state index in [2.05, 4.69) is 15.2 Å². The summed E-state index contributed by atoms with van der Waals surface area (Å²) >= 11 is 0. The van der Waals surface area contributed by atoms with Gasteiger partial charge in [-0.05, 0) is 23.8 Å². The van der Waals surface area contributed by atoms with E-state index in [1.807, 2.05) is 12.1 Å². The summed E-state index contributed by atoms with van der Waals surface area (Å²) in [6.07, 6.45) is 1.67. The Bertz CT molecular complexity index is 716. The predicted octanol–water partition coefficient (Wildman–Crippen LogP) is 2.13. The minimum Gasteiger partial charge on any atom is -0.378 e. The third-order valence-corrected chi connectivity index (χ3v) is 3.77. The molecule has 24 heavy (non-hydrogen) atoms. The fourth-order valence-corrected chi connectivity index (χ4v) is 2.45. The Labute approximate surface area is 138 Å². The van der Waals surface area contributed by atoms with Gasteiger partial charge in [0, 0.05) is 31.9 Å². The molecule has 3 rings (SSSR count). The van der Waals surface area contributed by atoms with Crippen molar-refractivity contribution in [1.82, 2.24) is 10.3 Å². The van der Waals surface area contributed by atoms with Crippen molar-refractivity contribution in [1.29, 1.82) is 0 Å². The summed E-state index contributed by atoms with van der Waals surface area (Å²) in [5, 5.41) is 2.60. The minimum absolute atomic E-state index is 0.186. The Kier molecular flexibility index (Phi) is 5.00. The molecule has 0 atom stereocenters. The number of ether oxygens (including phenoxy) is 1. The average Bonchev–Trinajstić information content (AvgIpc) is 2.61. The van der Waals surface area contributed by atoms with Gasteiger partial charge in [0.15, 0.2) is 0 Å². The summed E-state index contributed by atoms with van der Waals surface area (Å²) < 4.78 is 31.7. The molecule has 0 bridgehead atoms. The standard InChI is InChI=1S/C17H17F2N3O2/c18-13-2-3-14(15(19)9-13)17(23)21-11-12-1-4-16(20-10-12)22-5-7-24-8-6-22/h1-4,9-10H,5-8,11H2,(H,21,23). The van der Waals surface area contributed by atoms with Crippen LogP contribution in [-0.2, 0) is 11.3 Å². The van der Waals surface area contributed by atoms with Gasteiger partial charge >= 0.3 is 0 Å². The molecule has 1 fully saturated rings. The largest absolute Gasteiger partial charge is 0.378 e. The highest BCUT2D eigenvalue weighted by atomic mass is 19.1. The van der Waals surface area contributed by atoms with Crippen molar-refractivity contribution in [2.24, 2.45) is 0 Å². The van der Waals surface area contributed by atoms with E-state index < -0.39 is 17.5 Å². The van der Waals surface area contributed by atoms with Crippen LogP contribution in [0.3, 0.4) is 0 Å². The molecule has 1 amide bonds. The number of aromatic nitrogens is 1. The van der Waals surface area contributed by atoms with Crippen LogP contribution >= 0.6 is 0 Å². The molecule has 1 aliphatic heterocycles. The predicted molar refractivity (Wildman–Crippen MR) is 84.8 cm³/mol. The van der Waals surface area contributed by atoms with Crippen LogP contribution in [0.4, 0.5) is 14.6 Å². The second-order valence-electron chi connectivity index (χ2n) is 5.43. The Morgan fingerprint density at radius 3 is 2.67 bits per heavy atom. The lowest BCUT2D eigenvalue weighted by molar-refractivity contribution is 0.0946. The number of nitrogens with one attached hydrogen (secondary N) is 1. The van der Waals surface area contributed by atoms with Crippen LogP contribution in [0.15, 0.2) is 36.5 Å². The summed E-state index contributed by atoms with van der Waals surface area (Å²) in [7, 11) is 0. The molecule has 1 aromatic carbocycles. The molecular weight excluding hydrogens is 316 g/mol. The van der Waals surface area contributed by atoms with Gasteiger partial charge in [-0.25, -0.2) is 13.8 Å². The quantitative estimate of drug-likeness (QED) is 0.931. The molecule has 1 aliphatic rings. The molecule has 2 aromatic rings. The van der Waals surface area contributed by atoms with Gasteiger partial charge in [-0.15, -0.1) is 0 Å². The zero-order chi connectivity index (χ0) is 16.9. The molecule has 7 heteroatoms. The average molecular weight is 333 g/mol. The fraction of sp³-hybridized carbons (Fsp3) is 0.294. The molecule has 0 aliphatic carbocycles. The lowest BCUT2D eigenvalue weighted by Gasteiger charge is -2.27. The first-order valence-electron chi connectivity index (χ1n) is 7.64. The number of rotatable bonds is 4. The molecule has 1 aromatic heterocycles. The van der Waals surface area contributed by atoms with Crippen molar-refractivity contribution in [3.05, 3.63) is 59.3 Å². The van der Waals surface area contributed by atoms with Gasteiger partial charge in [0.25, 0.3) is 5.91 Å². The maximum Gasteiger partial charge on any atom is 0.254 e. The maximum atomic E-state index is 13.6. The molecule has 126 valence electrons. The third-order valence-electron chi connectivity index (χ3n) is 3.77. The second-order valence-corrected chi connectivity index (χ2v) is 5.43. The van der Waals surface area contributed by atoms with Crippen molar-refractivity contribution >= 4 is 11.7 Å². The maximum absolute atomic E-state index is 13.6. The number of amides is 1. The van der Waals surface area contributed by atoms with E-state index >= 15 is 0 Å². The highest BCUT2D eigenvalue weighted by Crippen LogP contribution is 2.13. The highest BCUT2D eigenvalue weighted by molar-refractivity contribution is 5.94. The van der Waals surface area contributed by atoms with Crippen molar-refractivity contribution < 1.29 is 18.3 Å². The topological polar surface area (TPSA) is 54.5 Å². The van der Waals surface area contributed by atoms with Crippen LogP contribution in [0.2, 0.25) is 0 Å². The van der Waals surface area contributed by atoms with Crippen molar-refractivity contribution in [3.8, 4) is 0 Å². The monoisotopic (exact) mass is 333 g/mol. The summed E-state index contributed by atoms with van der Waals surface area (Å²) in [5.74, 6) is -1.33. The van der Waals surface area contributed by atoms with Crippen LogP contribution in [-0.4, -0.2) is 37.2 Å². The van der Waals surface area contributed by atoms with Crippen LogP contribution in [0, 0.1) is 11.6 Å². The van der Waals surface area contributed by atoms with E-state index in [4.69, 9.17) is 4.74 Å². The van der Waals surface area contributed by atoms with Gasteiger partial charge < -0.3 is 15.0 Å². The summed E-state index contributed by atoms with van der Waals surface area (Å²) in [6, 6.07) is 6.61. The molecular formula is C17H17F2N3O2. The molecule has 0 saturated carbocycles. The van der Waals surface area contributed by atoms with Gasteiger partial charge in [0.1, 0.15) is 17.5 Å². The zero-order valence-corrected chi connectivity index (χ0v) is 13.0. The molecule has 5 nitrogen and oxygen atoms in total. The van der Waals surface area contributed by atoms with Gasteiger partial charge in [-0.3, -0.25) is 4.79 Å². The first-order chi connectivity index (χ1) is 11.6. The first-order valence-corrected chi connectivity index (χ1v) is 7.64. The summed E-state index contributed by atoms with van der Waals surface area (Å²) in [5.41, 5.74) is 0.608. The molecule has 0 radical (unpaired) electrons. The summed E-state index contributed by atoms with van der Waals surface area (Å²) in [6.45, 7) is 3.18.